The summed E-state index contributed by atoms with van der Waals surface area (Å²) >= 11 is 3.62. The topological polar surface area (TPSA) is 92.1 Å². The van der Waals surface area contributed by atoms with Gasteiger partial charge in [0.05, 0.1) is 18.7 Å². The highest BCUT2D eigenvalue weighted by molar-refractivity contribution is 9.12. The normalized spacial score (nSPS) is 17.9. The number of phenols is 1. The highest BCUT2D eigenvalue weighted by Crippen LogP contribution is 2.39. The number of phenolic OH excluding ortho intramolecular Hbond substituents is 1. The molecule has 0 spiro atoms. The van der Waals surface area contributed by atoms with Gasteiger partial charge >= 0.3 is 0 Å². The Morgan fingerprint density at radius 2 is 2.03 bits per heavy atom. The molecule has 0 radical (unpaired) electrons. The van der Waals surface area contributed by atoms with E-state index in [0.29, 0.717) is 35.2 Å². The Bertz CT molecular complexity index is 1090. The second-order valence-electron chi connectivity index (χ2n) is 8.37. The number of hydrogen-bond acceptors (Lipinski definition) is 7. The molecule has 1 fully saturated rings. The van der Waals surface area contributed by atoms with E-state index in [1.54, 1.807) is 6.07 Å². The van der Waals surface area contributed by atoms with Gasteiger partial charge in [0.25, 0.3) is 0 Å². The number of aryl methyl sites for hydroxylation is 1. The number of aromatic hydroxyl groups is 1. The van der Waals surface area contributed by atoms with Crippen molar-refractivity contribution >= 4 is 27.5 Å². The Balaban J connectivity index is 0.00000222. The number of aromatic nitrogens is 1. The fourth-order valence-corrected chi connectivity index (χ4v) is 4.25. The molecule has 2 unspecified atom stereocenters. The Kier molecular flexibility index (Phi) is 11.6. The second-order valence-corrected chi connectivity index (χ2v) is 9.23. The van der Waals surface area contributed by atoms with Gasteiger partial charge in [-0.15, -0.1) is 0 Å². The summed E-state index contributed by atoms with van der Waals surface area (Å²) in [5.41, 5.74) is 2.97. The first-order valence-corrected chi connectivity index (χ1v) is 13.0. The van der Waals surface area contributed by atoms with Gasteiger partial charge in [-0.25, -0.2) is 4.99 Å². The molecule has 0 saturated carbocycles. The molecule has 2 atom stereocenters. The first kappa shape index (κ1) is 29.5. The van der Waals surface area contributed by atoms with Crippen LogP contribution in [0.2, 0.25) is 0 Å². The van der Waals surface area contributed by atoms with Crippen LogP contribution in [-0.4, -0.2) is 48.4 Å². The number of nitrogens with zero attached hydrogens (tertiary/aromatic N) is 2. The first-order valence-electron chi connectivity index (χ1n) is 12.2. The standard InChI is InChI=1S/C25H34BrN5O3.C2H6/c1-7-21(26)25(30-17(4)29-19-9-22(32)24(34-6)23(10-19)33-5)31-13-15(2)18(14-31)11-28-20-8-16(3)27-12-20;1-2/h7,9-10,13-14,16,20,27-29,32H,4,8,11-12H2,1-3,5-6H3;1-2H3/b21-7+,30-25+;. The molecule has 0 bridgehead atoms. The highest BCUT2D eigenvalue weighted by Gasteiger charge is 2.20. The molecule has 4 N–H and O–H groups in total. The lowest BCUT2D eigenvalue weighted by molar-refractivity contribution is 0.333. The van der Waals surface area contributed by atoms with Crippen LogP contribution in [0.3, 0.4) is 0 Å². The lowest BCUT2D eigenvalue weighted by Gasteiger charge is -2.14. The van der Waals surface area contributed by atoms with Gasteiger partial charge in [0.15, 0.2) is 17.3 Å². The molecule has 1 saturated heterocycles. The maximum Gasteiger partial charge on any atom is 0.203 e. The largest absolute Gasteiger partial charge is 0.504 e. The lowest BCUT2D eigenvalue weighted by atomic mass is 10.1. The van der Waals surface area contributed by atoms with Crippen molar-refractivity contribution in [2.75, 3.05) is 26.1 Å². The molecule has 8 nitrogen and oxygen atoms in total. The fraction of sp³-hybridized carbons (Fsp3) is 0.444. The van der Waals surface area contributed by atoms with Crippen molar-refractivity contribution in [3.05, 3.63) is 58.6 Å². The summed E-state index contributed by atoms with van der Waals surface area (Å²) in [6.45, 7) is 16.1. The van der Waals surface area contributed by atoms with Gasteiger partial charge in [-0.1, -0.05) is 26.5 Å². The van der Waals surface area contributed by atoms with Gasteiger partial charge in [0.1, 0.15) is 5.82 Å². The first-order chi connectivity index (χ1) is 17.2. The van der Waals surface area contributed by atoms with E-state index in [1.165, 1.54) is 31.4 Å². The maximum atomic E-state index is 10.2. The van der Waals surface area contributed by atoms with Gasteiger partial charge in [0, 0.05) is 55.4 Å². The molecular weight excluding hydrogens is 522 g/mol. The summed E-state index contributed by atoms with van der Waals surface area (Å²) in [7, 11) is 2.99. The van der Waals surface area contributed by atoms with Crippen LogP contribution in [0.1, 0.15) is 45.2 Å². The van der Waals surface area contributed by atoms with Crippen LogP contribution in [0.15, 0.2) is 52.5 Å². The molecule has 1 aliphatic rings. The number of rotatable bonds is 9. The fourth-order valence-electron chi connectivity index (χ4n) is 3.95. The van der Waals surface area contributed by atoms with Gasteiger partial charge in [-0.05, 0) is 54.2 Å². The van der Waals surface area contributed by atoms with Crippen molar-refractivity contribution in [3.8, 4) is 17.2 Å². The van der Waals surface area contributed by atoms with Crippen LogP contribution >= 0.6 is 15.9 Å². The van der Waals surface area contributed by atoms with E-state index in [9.17, 15) is 5.11 Å². The van der Waals surface area contributed by atoms with E-state index in [-0.39, 0.29) is 11.5 Å². The summed E-state index contributed by atoms with van der Waals surface area (Å²) < 4.78 is 13.3. The van der Waals surface area contributed by atoms with Gasteiger partial charge in [-0.3, -0.25) is 0 Å². The zero-order valence-corrected chi connectivity index (χ0v) is 24.0. The number of halogens is 1. The van der Waals surface area contributed by atoms with E-state index in [4.69, 9.17) is 14.5 Å². The molecule has 1 aromatic carbocycles. The van der Waals surface area contributed by atoms with Gasteiger partial charge < -0.3 is 35.1 Å². The number of benzene rings is 1. The zero-order chi connectivity index (χ0) is 26.8. The van der Waals surface area contributed by atoms with E-state index in [1.807, 2.05) is 31.4 Å². The summed E-state index contributed by atoms with van der Waals surface area (Å²) in [6, 6.07) is 4.29. The predicted octanol–water partition coefficient (Wildman–Crippen LogP) is 5.51. The van der Waals surface area contributed by atoms with Gasteiger partial charge in [0.2, 0.25) is 5.75 Å². The third-order valence-electron chi connectivity index (χ3n) is 5.77. The van der Waals surface area contributed by atoms with Crippen molar-refractivity contribution in [3.63, 3.8) is 0 Å². The summed E-state index contributed by atoms with van der Waals surface area (Å²) in [6.07, 6.45) is 7.22. The van der Waals surface area contributed by atoms with Crippen molar-refractivity contribution < 1.29 is 14.6 Å². The number of aliphatic imine (C=N–C) groups is 1. The van der Waals surface area contributed by atoms with E-state index in [2.05, 4.69) is 64.7 Å². The Labute approximate surface area is 223 Å². The number of methoxy groups -OCH3 is 2. The number of nitrogens with one attached hydrogen (secondary N) is 3. The number of hydrogen-bond donors (Lipinski definition) is 4. The molecule has 2 heterocycles. The third-order valence-corrected chi connectivity index (χ3v) is 6.58. The van der Waals surface area contributed by atoms with Crippen LogP contribution in [0, 0.1) is 6.92 Å². The molecule has 3 rings (SSSR count). The van der Waals surface area contributed by atoms with Crippen molar-refractivity contribution in [2.45, 2.75) is 59.7 Å². The molecule has 36 heavy (non-hydrogen) atoms. The minimum Gasteiger partial charge on any atom is -0.504 e. The van der Waals surface area contributed by atoms with Crippen molar-refractivity contribution in [1.29, 1.82) is 0 Å². The average Bonchev–Trinajstić information content (AvgIpc) is 3.46. The molecule has 9 heteroatoms. The molecule has 0 amide bonds. The molecular formula is C27H40BrN5O3. The van der Waals surface area contributed by atoms with Crippen LogP contribution in [0.4, 0.5) is 5.69 Å². The maximum absolute atomic E-state index is 10.2. The predicted molar refractivity (Wildman–Crippen MR) is 153 cm³/mol. The van der Waals surface area contributed by atoms with E-state index >= 15 is 0 Å². The lowest BCUT2D eigenvalue weighted by Crippen LogP contribution is -2.30. The molecule has 2 aromatic rings. The molecule has 1 aliphatic heterocycles. The van der Waals surface area contributed by atoms with Gasteiger partial charge in [-0.2, -0.15) is 0 Å². The SMILES string of the molecule is C=C(/N=C(\C(Br)=C/C)n1cc(C)c(CNC2CNC(C)C2)c1)Nc1cc(O)c(OC)c(OC)c1.CC. The van der Waals surface area contributed by atoms with E-state index in [0.717, 1.165) is 24.0 Å². The summed E-state index contributed by atoms with van der Waals surface area (Å²) in [4.78, 5) is 4.72. The smallest absolute Gasteiger partial charge is 0.203 e. The summed E-state index contributed by atoms with van der Waals surface area (Å²) in [5, 5.41) is 20.5. The average molecular weight is 563 g/mol. The number of ether oxygens (including phenoxy) is 2. The number of allylic oxidation sites excluding steroid dienone is 2. The van der Waals surface area contributed by atoms with Crippen molar-refractivity contribution in [1.82, 2.24) is 15.2 Å². The van der Waals surface area contributed by atoms with Crippen LogP contribution in [-0.2, 0) is 6.54 Å². The van der Waals surface area contributed by atoms with Crippen molar-refractivity contribution in [2.24, 2.45) is 4.99 Å². The highest BCUT2D eigenvalue weighted by atomic mass is 79.9. The Morgan fingerprint density at radius 3 is 2.61 bits per heavy atom. The zero-order valence-electron chi connectivity index (χ0n) is 22.4. The Hall–Kier alpha value is -2.75. The Morgan fingerprint density at radius 1 is 1.31 bits per heavy atom. The quantitative estimate of drug-likeness (QED) is 0.238. The minimum absolute atomic E-state index is 0.0407. The van der Waals surface area contributed by atoms with Crippen LogP contribution < -0.4 is 25.4 Å². The molecule has 0 aliphatic carbocycles. The molecule has 1 aromatic heterocycles. The second kappa shape index (κ2) is 14.1. The minimum atomic E-state index is -0.0407. The monoisotopic (exact) mass is 561 g/mol. The van der Waals surface area contributed by atoms with Crippen LogP contribution in [0.25, 0.3) is 0 Å². The van der Waals surface area contributed by atoms with Crippen LogP contribution in [0.5, 0.6) is 17.2 Å². The van der Waals surface area contributed by atoms with E-state index < -0.39 is 0 Å². The summed E-state index contributed by atoms with van der Waals surface area (Å²) in [5.74, 6) is 1.72. The third kappa shape index (κ3) is 7.62. The number of anilines is 1. The molecule has 198 valence electrons.